The lowest BCUT2D eigenvalue weighted by atomic mass is 9.83. The fourth-order valence-corrected chi connectivity index (χ4v) is 6.10. The number of aryl methyl sites for hydroxylation is 1. The van der Waals surface area contributed by atoms with E-state index in [1.807, 2.05) is 53.1 Å². The van der Waals surface area contributed by atoms with Crippen LogP contribution < -0.4 is 24.4 Å². The van der Waals surface area contributed by atoms with E-state index in [4.69, 9.17) is 14.5 Å². The van der Waals surface area contributed by atoms with E-state index in [0.29, 0.717) is 15.9 Å². The number of ether oxygens (including phenoxy) is 2. The summed E-state index contributed by atoms with van der Waals surface area (Å²) in [6.45, 7) is 4.14. The van der Waals surface area contributed by atoms with E-state index in [9.17, 15) is 4.79 Å². The number of nitrogens with zero attached hydrogens (tertiary/aromatic N) is 2. The Labute approximate surface area is 219 Å². The molecule has 1 aromatic heterocycles. The number of benzene rings is 3. The zero-order valence-corrected chi connectivity index (χ0v) is 21.3. The maximum absolute atomic E-state index is 13.9. The molecule has 4 aromatic rings. The maximum Gasteiger partial charge on any atom is 0.271 e. The van der Waals surface area contributed by atoms with E-state index in [0.717, 1.165) is 46.7 Å². The highest BCUT2D eigenvalue weighted by atomic mass is 32.1. The maximum atomic E-state index is 13.9. The Morgan fingerprint density at radius 1 is 1.05 bits per heavy atom. The molecule has 0 saturated heterocycles. The highest BCUT2D eigenvalue weighted by Gasteiger charge is 2.32. The summed E-state index contributed by atoms with van der Waals surface area (Å²) in [7, 11) is 1.67. The fourth-order valence-electron chi connectivity index (χ4n) is 5.10. The predicted octanol–water partition coefficient (Wildman–Crippen LogP) is 4.89. The molecule has 184 valence electrons. The third-order valence-electron chi connectivity index (χ3n) is 6.83. The van der Waals surface area contributed by atoms with Crippen molar-refractivity contribution in [3.8, 4) is 11.5 Å². The van der Waals surface area contributed by atoms with Gasteiger partial charge in [-0.25, -0.2) is 4.99 Å². The number of hydrogen-bond donors (Lipinski definition) is 0. The number of rotatable bonds is 6. The number of aromatic nitrogens is 1. The quantitative estimate of drug-likeness (QED) is 0.350. The van der Waals surface area contributed by atoms with Crippen LogP contribution in [0.1, 0.15) is 34.7 Å². The lowest BCUT2D eigenvalue weighted by molar-refractivity contribution is 0.363. The first kappa shape index (κ1) is 23.3. The first-order valence-electron chi connectivity index (χ1n) is 12.3. The van der Waals surface area contributed by atoms with Crippen molar-refractivity contribution in [2.24, 2.45) is 4.99 Å². The zero-order chi connectivity index (χ0) is 25.4. The van der Waals surface area contributed by atoms with Crippen molar-refractivity contribution in [3.05, 3.63) is 133 Å². The molecule has 3 aromatic carbocycles. The molecule has 0 saturated carbocycles. The lowest BCUT2D eigenvalue weighted by Gasteiger charge is -2.31. The van der Waals surface area contributed by atoms with E-state index in [1.54, 1.807) is 13.2 Å². The second-order valence-electron chi connectivity index (χ2n) is 9.06. The Kier molecular flexibility index (Phi) is 6.10. The van der Waals surface area contributed by atoms with Gasteiger partial charge in [-0.1, -0.05) is 72.5 Å². The third kappa shape index (κ3) is 4.23. The Balaban J connectivity index is 1.53. The first-order chi connectivity index (χ1) is 18.2. The highest BCUT2D eigenvalue weighted by Crippen LogP contribution is 2.41. The van der Waals surface area contributed by atoms with Gasteiger partial charge in [0.05, 0.1) is 23.4 Å². The second-order valence-corrected chi connectivity index (χ2v) is 10.1. The van der Waals surface area contributed by atoms with Crippen LogP contribution >= 0.6 is 11.3 Å². The predicted molar refractivity (Wildman–Crippen MR) is 148 cm³/mol. The summed E-state index contributed by atoms with van der Waals surface area (Å²) in [5, 5.41) is 0. The van der Waals surface area contributed by atoms with Crippen molar-refractivity contribution in [2.45, 2.75) is 18.9 Å². The van der Waals surface area contributed by atoms with Crippen LogP contribution in [0, 0.1) is 0 Å². The average Bonchev–Trinajstić information content (AvgIpc) is 3.25. The van der Waals surface area contributed by atoms with Gasteiger partial charge < -0.3 is 9.47 Å². The molecule has 2 heterocycles. The number of hydrogen-bond acceptors (Lipinski definition) is 5. The molecule has 1 aliphatic carbocycles. The molecule has 0 bridgehead atoms. The summed E-state index contributed by atoms with van der Waals surface area (Å²) in [6.07, 6.45) is 5.43. The van der Waals surface area contributed by atoms with Crippen LogP contribution in [0.25, 0.3) is 11.8 Å². The smallest absolute Gasteiger partial charge is 0.271 e. The number of thiazole rings is 1. The van der Waals surface area contributed by atoms with Gasteiger partial charge in [0.15, 0.2) is 4.80 Å². The van der Waals surface area contributed by atoms with Gasteiger partial charge in [-0.2, -0.15) is 0 Å². The van der Waals surface area contributed by atoms with Crippen LogP contribution in [0.5, 0.6) is 11.5 Å². The van der Waals surface area contributed by atoms with Crippen LogP contribution in [-0.2, 0) is 6.42 Å². The fraction of sp³-hybridized carbons (Fsp3) is 0.161. The van der Waals surface area contributed by atoms with E-state index in [2.05, 4.69) is 36.9 Å². The van der Waals surface area contributed by atoms with Gasteiger partial charge in [-0.15, -0.1) is 0 Å². The highest BCUT2D eigenvalue weighted by molar-refractivity contribution is 7.07. The summed E-state index contributed by atoms with van der Waals surface area (Å²) in [6, 6.07) is 24.0. The van der Waals surface area contributed by atoms with Gasteiger partial charge in [-0.05, 0) is 65.4 Å². The van der Waals surface area contributed by atoms with Crippen LogP contribution in [0.15, 0.2) is 101 Å². The van der Waals surface area contributed by atoms with Crippen LogP contribution in [0.4, 0.5) is 0 Å². The molecule has 6 rings (SSSR count). The number of fused-ring (bicyclic) bond motifs is 3. The van der Waals surface area contributed by atoms with Crippen LogP contribution in [-0.4, -0.2) is 18.3 Å². The Morgan fingerprint density at radius 2 is 1.89 bits per heavy atom. The molecule has 0 unspecified atom stereocenters. The van der Waals surface area contributed by atoms with E-state index >= 15 is 0 Å². The molecule has 0 amide bonds. The SMILES string of the molecule is C=CCOc1ccc(/C=c2\sc3n(c2=O)[C@H](c2cccc(OC)c2)C2=C(N=3)c3ccccc3CC2)cc1. The molecule has 2 aliphatic rings. The van der Waals surface area contributed by atoms with E-state index < -0.39 is 0 Å². The summed E-state index contributed by atoms with van der Waals surface area (Å²) in [4.78, 5) is 19.7. The molecule has 0 spiro atoms. The molecule has 0 fully saturated rings. The van der Waals surface area contributed by atoms with Crippen molar-refractivity contribution in [1.82, 2.24) is 4.57 Å². The second kappa shape index (κ2) is 9.71. The first-order valence-corrected chi connectivity index (χ1v) is 13.1. The summed E-state index contributed by atoms with van der Waals surface area (Å²) in [5.41, 5.74) is 6.55. The molecular weight excluding hydrogens is 480 g/mol. The molecule has 1 aliphatic heterocycles. The summed E-state index contributed by atoms with van der Waals surface area (Å²) in [5.74, 6) is 1.54. The van der Waals surface area contributed by atoms with Gasteiger partial charge >= 0.3 is 0 Å². The van der Waals surface area contributed by atoms with Crippen LogP contribution in [0.2, 0.25) is 0 Å². The third-order valence-corrected chi connectivity index (χ3v) is 7.81. The van der Waals surface area contributed by atoms with Gasteiger partial charge in [0, 0.05) is 5.56 Å². The summed E-state index contributed by atoms with van der Waals surface area (Å²) >= 11 is 1.43. The largest absolute Gasteiger partial charge is 0.497 e. The minimum atomic E-state index is -0.230. The Hall–Kier alpha value is -4.16. The number of methoxy groups -OCH3 is 1. The van der Waals surface area contributed by atoms with Crippen LogP contribution in [0.3, 0.4) is 0 Å². The van der Waals surface area contributed by atoms with Crippen molar-refractivity contribution < 1.29 is 9.47 Å². The minimum Gasteiger partial charge on any atom is -0.497 e. The molecule has 1 atom stereocenters. The van der Waals surface area contributed by atoms with Crippen molar-refractivity contribution >= 4 is 23.1 Å². The van der Waals surface area contributed by atoms with Gasteiger partial charge in [0.1, 0.15) is 18.1 Å². The van der Waals surface area contributed by atoms with Crippen molar-refractivity contribution in [2.75, 3.05) is 13.7 Å². The average molecular weight is 507 g/mol. The Morgan fingerprint density at radius 3 is 2.70 bits per heavy atom. The van der Waals surface area contributed by atoms with Gasteiger partial charge in [0.2, 0.25) is 0 Å². The minimum absolute atomic E-state index is 0.0334. The molecular formula is C31H26N2O3S. The van der Waals surface area contributed by atoms with Crippen molar-refractivity contribution in [3.63, 3.8) is 0 Å². The topological polar surface area (TPSA) is 52.8 Å². The van der Waals surface area contributed by atoms with E-state index in [1.165, 1.54) is 22.5 Å². The standard InChI is InChI=1S/C31H26N2O3S/c1-3-17-36-23-14-11-20(12-15-23)18-27-30(34)33-29(22-8-6-9-24(19-22)35-2)26-16-13-21-7-4-5-10-25(21)28(26)32-31(33)37-27/h3-12,14-15,18-19,29H,1,13,16-17H2,2H3/b27-18-/t29-/m1/s1. The molecule has 6 heteroatoms. The molecule has 37 heavy (non-hydrogen) atoms. The zero-order valence-electron chi connectivity index (χ0n) is 20.5. The normalized spacial score (nSPS) is 16.4. The van der Waals surface area contributed by atoms with Crippen molar-refractivity contribution in [1.29, 1.82) is 0 Å². The lowest BCUT2D eigenvalue weighted by Crippen LogP contribution is -2.38. The monoisotopic (exact) mass is 506 g/mol. The van der Waals surface area contributed by atoms with Gasteiger partial charge in [0.25, 0.3) is 5.56 Å². The van der Waals surface area contributed by atoms with E-state index in [-0.39, 0.29) is 11.6 Å². The van der Waals surface area contributed by atoms with Gasteiger partial charge in [-0.3, -0.25) is 9.36 Å². The Bertz CT molecular complexity index is 1710. The summed E-state index contributed by atoms with van der Waals surface area (Å²) < 4.78 is 13.6. The molecule has 0 radical (unpaired) electrons. The molecule has 5 nitrogen and oxygen atoms in total. The number of allylic oxidation sites excluding steroid dienone is 1. The molecule has 0 N–H and O–H groups in total.